The maximum Gasteiger partial charge on any atom is 0.244 e. The molecule has 3 rings (SSSR count). The van der Waals surface area contributed by atoms with Crippen molar-refractivity contribution in [3.63, 3.8) is 0 Å². The zero-order valence-electron chi connectivity index (χ0n) is 19.2. The number of anilines is 1. The number of sulfonamides is 1. The van der Waals surface area contributed by atoms with Crippen molar-refractivity contribution in [3.05, 3.63) is 64.1 Å². The highest BCUT2D eigenvalue weighted by Gasteiger charge is 2.31. The number of rotatable bonds is 9. The van der Waals surface area contributed by atoms with Crippen LogP contribution >= 0.6 is 23.2 Å². The second kappa shape index (κ2) is 11.4. The van der Waals surface area contributed by atoms with Crippen molar-refractivity contribution in [2.75, 3.05) is 17.1 Å². The van der Waals surface area contributed by atoms with Gasteiger partial charge in [-0.25, -0.2) is 8.42 Å². The lowest BCUT2D eigenvalue weighted by atomic mass is 10.1. The minimum atomic E-state index is -3.86. The topological polar surface area (TPSA) is 86.8 Å². The van der Waals surface area contributed by atoms with Crippen LogP contribution in [0.5, 0.6) is 0 Å². The Morgan fingerprint density at radius 1 is 1.09 bits per heavy atom. The number of hydrogen-bond acceptors (Lipinski definition) is 4. The van der Waals surface area contributed by atoms with Gasteiger partial charge in [-0.1, -0.05) is 66.4 Å². The number of carbonyl (C=O) groups excluding carboxylic acids is 2. The van der Waals surface area contributed by atoms with Gasteiger partial charge in [0, 0.05) is 17.6 Å². The van der Waals surface area contributed by atoms with Gasteiger partial charge < -0.3 is 10.2 Å². The Hall–Kier alpha value is -2.29. The van der Waals surface area contributed by atoms with Crippen LogP contribution in [0.1, 0.15) is 38.2 Å². The third kappa shape index (κ3) is 6.87. The number of benzene rings is 2. The molecule has 0 bridgehead atoms. The molecule has 0 aliphatic heterocycles. The van der Waals surface area contributed by atoms with E-state index in [-0.39, 0.29) is 29.2 Å². The number of nitrogens with zero attached hydrogens (tertiary/aromatic N) is 2. The smallest absolute Gasteiger partial charge is 0.244 e. The Kier molecular flexibility index (Phi) is 8.84. The van der Waals surface area contributed by atoms with Crippen LogP contribution in [-0.2, 0) is 26.2 Å². The zero-order chi connectivity index (χ0) is 24.9. The van der Waals surface area contributed by atoms with Gasteiger partial charge in [-0.15, -0.1) is 0 Å². The van der Waals surface area contributed by atoms with E-state index in [1.807, 2.05) is 30.3 Å². The van der Waals surface area contributed by atoms with Crippen LogP contribution in [0.25, 0.3) is 0 Å². The summed E-state index contributed by atoms with van der Waals surface area (Å²) in [6.07, 6.45) is 4.97. The summed E-state index contributed by atoms with van der Waals surface area (Å²) >= 11 is 12.2. The van der Waals surface area contributed by atoms with Gasteiger partial charge >= 0.3 is 0 Å². The highest BCUT2D eigenvalue weighted by atomic mass is 35.5. The van der Waals surface area contributed by atoms with E-state index in [2.05, 4.69) is 5.32 Å². The average molecular weight is 526 g/mol. The number of nitrogens with one attached hydrogen (secondary N) is 1. The summed E-state index contributed by atoms with van der Waals surface area (Å²) in [5.74, 6) is -0.777. The molecule has 0 unspecified atom stereocenters. The second-order valence-electron chi connectivity index (χ2n) is 8.54. The molecule has 0 saturated heterocycles. The number of hydrogen-bond donors (Lipinski definition) is 1. The SMILES string of the molecule is C[C@H](C(=O)NC1CCCC1)N(Cc1ccccc1)C(=O)CN(c1ccc(Cl)cc1Cl)S(C)(=O)=O. The summed E-state index contributed by atoms with van der Waals surface area (Å²) in [4.78, 5) is 27.9. The first-order chi connectivity index (χ1) is 16.1. The molecule has 1 aliphatic rings. The molecule has 2 aromatic carbocycles. The largest absolute Gasteiger partial charge is 0.352 e. The molecule has 1 saturated carbocycles. The van der Waals surface area contributed by atoms with E-state index in [0.717, 1.165) is 41.8 Å². The first kappa shape index (κ1) is 26.3. The molecule has 0 spiro atoms. The standard InChI is InChI=1S/C24H29Cl2N3O4S/c1-17(24(31)27-20-10-6-7-11-20)28(15-18-8-4-3-5-9-18)23(30)16-29(34(2,32)33)22-13-12-19(25)14-21(22)26/h3-5,8-9,12-14,17,20H,6-7,10-11,15-16H2,1-2H3,(H,27,31)/t17-/m1/s1. The predicted molar refractivity (Wildman–Crippen MR) is 136 cm³/mol. The quantitative estimate of drug-likeness (QED) is 0.530. The van der Waals surface area contributed by atoms with E-state index in [0.29, 0.717) is 5.02 Å². The molecule has 34 heavy (non-hydrogen) atoms. The van der Waals surface area contributed by atoms with E-state index >= 15 is 0 Å². The van der Waals surface area contributed by atoms with Gasteiger partial charge in [0.2, 0.25) is 21.8 Å². The summed E-state index contributed by atoms with van der Waals surface area (Å²) in [6.45, 7) is 1.31. The van der Waals surface area contributed by atoms with Gasteiger partial charge in [0.25, 0.3) is 0 Å². The fourth-order valence-corrected chi connectivity index (χ4v) is 5.46. The van der Waals surface area contributed by atoms with E-state index in [1.165, 1.54) is 23.1 Å². The van der Waals surface area contributed by atoms with Crippen LogP contribution in [0.3, 0.4) is 0 Å². The lowest BCUT2D eigenvalue weighted by molar-refractivity contribution is -0.139. The molecule has 1 fully saturated rings. The van der Waals surface area contributed by atoms with E-state index in [9.17, 15) is 18.0 Å². The van der Waals surface area contributed by atoms with E-state index in [1.54, 1.807) is 6.92 Å². The van der Waals surface area contributed by atoms with Crippen molar-refractivity contribution >= 4 is 50.7 Å². The molecule has 1 atom stereocenters. The van der Waals surface area contributed by atoms with E-state index in [4.69, 9.17) is 23.2 Å². The van der Waals surface area contributed by atoms with Gasteiger partial charge in [0.15, 0.2) is 0 Å². The maximum atomic E-state index is 13.5. The summed E-state index contributed by atoms with van der Waals surface area (Å²) in [5.41, 5.74) is 0.969. The predicted octanol–water partition coefficient (Wildman–Crippen LogP) is 4.24. The van der Waals surface area contributed by atoms with Crippen LogP contribution in [0, 0.1) is 0 Å². The van der Waals surface area contributed by atoms with E-state index < -0.39 is 28.5 Å². The third-order valence-corrected chi connectivity index (χ3v) is 7.59. The number of amides is 2. The zero-order valence-corrected chi connectivity index (χ0v) is 21.5. The third-order valence-electron chi connectivity index (χ3n) is 5.92. The first-order valence-electron chi connectivity index (χ1n) is 11.1. The first-order valence-corrected chi connectivity index (χ1v) is 13.7. The Morgan fingerprint density at radius 2 is 1.74 bits per heavy atom. The fraction of sp³-hybridized carbons (Fsp3) is 0.417. The van der Waals surface area contributed by atoms with Crippen molar-refractivity contribution in [1.82, 2.24) is 10.2 Å². The Labute approximate surface area is 211 Å². The van der Waals surface area contributed by atoms with Crippen molar-refractivity contribution in [1.29, 1.82) is 0 Å². The summed E-state index contributed by atoms with van der Waals surface area (Å²) in [6, 6.07) is 12.9. The summed E-state index contributed by atoms with van der Waals surface area (Å²) < 4.78 is 26.1. The van der Waals surface area contributed by atoms with Crippen LogP contribution < -0.4 is 9.62 Å². The Morgan fingerprint density at radius 3 is 2.32 bits per heavy atom. The molecule has 1 aliphatic carbocycles. The van der Waals surface area contributed by atoms with Crippen molar-refractivity contribution in [3.8, 4) is 0 Å². The molecular formula is C24H29Cl2N3O4S. The number of halogens is 2. The lowest BCUT2D eigenvalue weighted by Crippen LogP contribution is -2.52. The molecule has 184 valence electrons. The van der Waals surface area contributed by atoms with Crippen molar-refractivity contribution in [2.24, 2.45) is 0 Å². The molecule has 10 heteroatoms. The minimum absolute atomic E-state index is 0.101. The Bertz CT molecular complexity index is 1120. The molecule has 2 aromatic rings. The van der Waals surface area contributed by atoms with Crippen molar-refractivity contribution < 1.29 is 18.0 Å². The summed E-state index contributed by atoms with van der Waals surface area (Å²) in [7, 11) is -3.86. The van der Waals surface area contributed by atoms with Gasteiger partial charge in [-0.2, -0.15) is 0 Å². The molecule has 7 nitrogen and oxygen atoms in total. The molecular weight excluding hydrogens is 497 g/mol. The molecule has 1 N–H and O–H groups in total. The highest BCUT2D eigenvalue weighted by Crippen LogP contribution is 2.30. The van der Waals surface area contributed by atoms with Gasteiger partial charge in [0.1, 0.15) is 12.6 Å². The summed E-state index contributed by atoms with van der Waals surface area (Å²) in [5, 5.41) is 3.48. The lowest BCUT2D eigenvalue weighted by Gasteiger charge is -2.32. The molecule has 0 radical (unpaired) electrons. The van der Waals surface area contributed by atoms with Crippen molar-refractivity contribution in [2.45, 2.75) is 51.2 Å². The van der Waals surface area contributed by atoms with Crippen LogP contribution in [-0.4, -0.2) is 50.0 Å². The maximum absolute atomic E-state index is 13.5. The second-order valence-corrected chi connectivity index (χ2v) is 11.3. The van der Waals surface area contributed by atoms with Crippen LogP contribution in [0.15, 0.2) is 48.5 Å². The normalized spacial score (nSPS) is 15.1. The monoisotopic (exact) mass is 525 g/mol. The van der Waals surface area contributed by atoms with Gasteiger partial charge in [0.05, 0.1) is 17.0 Å². The van der Waals surface area contributed by atoms with Gasteiger partial charge in [-0.3, -0.25) is 13.9 Å². The van der Waals surface area contributed by atoms with Gasteiger partial charge in [-0.05, 0) is 43.5 Å². The highest BCUT2D eigenvalue weighted by molar-refractivity contribution is 7.92. The Balaban J connectivity index is 1.88. The average Bonchev–Trinajstić information content (AvgIpc) is 3.28. The number of carbonyl (C=O) groups is 2. The minimum Gasteiger partial charge on any atom is -0.352 e. The molecule has 2 amide bonds. The molecule has 0 aromatic heterocycles. The fourth-order valence-electron chi connectivity index (χ4n) is 4.03. The molecule has 0 heterocycles. The van der Waals surface area contributed by atoms with Crippen LogP contribution in [0.4, 0.5) is 5.69 Å². The van der Waals surface area contributed by atoms with Crippen LogP contribution in [0.2, 0.25) is 10.0 Å².